The van der Waals surface area contributed by atoms with Crippen molar-refractivity contribution >= 4 is 16.9 Å². The summed E-state index contributed by atoms with van der Waals surface area (Å²) < 4.78 is 0. The average Bonchev–Trinajstić information content (AvgIpc) is 3.11. The molecule has 1 unspecified atom stereocenters. The van der Waals surface area contributed by atoms with Gasteiger partial charge in [0.2, 0.25) is 0 Å². The van der Waals surface area contributed by atoms with E-state index in [0.29, 0.717) is 6.04 Å². The molecule has 2 saturated carbocycles. The van der Waals surface area contributed by atoms with Crippen molar-refractivity contribution in [2.24, 2.45) is 11.8 Å². The number of rotatable bonds is 2. The number of hydrogen-bond acceptors (Lipinski definition) is 3. The Morgan fingerprint density at radius 2 is 2.00 bits per heavy atom. The van der Waals surface area contributed by atoms with E-state index in [1.165, 1.54) is 32.1 Å². The van der Waals surface area contributed by atoms with Crippen molar-refractivity contribution in [3.8, 4) is 0 Å². The van der Waals surface area contributed by atoms with Crippen LogP contribution in [0.3, 0.4) is 0 Å². The standard InChI is InChI=1S/C15H20N4/c1-19(12-7-10-3-2-4-11(10)8-12)15-13-5-6-16-14(13)17-9-18-15/h5-6,9-12H,2-4,7-8H2,1H3,(H,16,17,18)/t10-,11+,12?. The molecule has 1 N–H and O–H groups in total. The van der Waals surface area contributed by atoms with E-state index < -0.39 is 0 Å². The SMILES string of the molecule is CN(c1ncnc2[nH]ccc12)C1C[C@H]2CCC[C@H]2C1. The molecular weight excluding hydrogens is 236 g/mol. The number of aromatic nitrogens is 3. The van der Waals surface area contributed by atoms with Crippen LogP contribution in [-0.4, -0.2) is 28.0 Å². The lowest BCUT2D eigenvalue weighted by molar-refractivity contribution is 0.457. The molecule has 0 spiro atoms. The highest BCUT2D eigenvalue weighted by Gasteiger charge is 2.39. The Morgan fingerprint density at radius 3 is 2.79 bits per heavy atom. The van der Waals surface area contributed by atoms with Gasteiger partial charge in [-0.25, -0.2) is 9.97 Å². The van der Waals surface area contributed by atoms with Gasteiger partial charge in [0.05, 0.1) is 5.39 Å². The Hall–Kier alpha value is -1.58. The van der Waals surface area contributed by atoms with Crippen LogP contribution in [0.5, 0.6) is 0 Å². The monoisotopic (exact) mass is 256 g/mol. The van der Waals surface area contributed by atoms with Crippen molar-refractivity contribution in [1.29, 1.82) is 0 Å². The third-order valence-corrected chi connectivity index (χ3v) is 5.18. The molecule has 19 heavy (non-hydrogen) atoms. The number of fused-ring (bicyclic) bond motifs is 2. The summed E-state index contributed by atoms with van der Waals surface area (Å²) in [4.78, 5) is 14.3. The average molecular weight is 256 g/mol. The lowest BCUT2D eigenvalue weighted by Crippen LogP contribution is -2.30. The van der Waals surface area contributed by atoms with E-state index in [9.17, 15) is 0 Å². The fourth-order valence-corrected chi connectivity index (χ4v) is 4.16. The summed E-state index contributed by atoms with van der Waals surface area (Å²) in [5.74, 6) is 3.02. The van der Waals surface area contributed by atoms with Gasteiger partial charge in [-0.05, 0) is 30.7 Å². The summed E-state index contributed by atoms with van der Waals surface area (Å²) in [6, 6.07) is 2.74. The zero-order chi connectivity index (χ0) is 12.8. The van der Waals surface area contributed by atoms with Crippen molar-refractivity contribution in [1.82, 2.24) is 15.0 Å². The van der Waals surface area contributed by atoms with E-state index >= 15 is 0 Å². The second kappa shape index (κ2) is 4.22. The number of aromatic amines is 1. The van der Waals surface area contributed by atoms with Crippen LogP contribution in [0.2, 0.25) is 0 Å². The highest BCUT2D eigenvalue weighted by molar-refractivity contribution is 5.87. The van der Waals surface area contributed by atoms with Crippen molar-refractivity contribution in [2.75, 3.05) is 11.9 Å². The maximum atomic E-state index is 4.51. The molecule has 0 radical (unpaired) electrons. The molecule has 3 atom stereocenters. The number of nitrogens with zero attached hydrogens (tertiary/aromatic N) is 3. The lowest BCUT2D eigenvalue weighted by atomic mass is 10.0. The zero-order valence-electron chi connectivity index (χ0n) is 11.3. The van der Waals surface area contributed by atoms with Gasteiger partial charge in [0, 0.05) is 19.3 Å². The first-order valence-corrected chi connectivity index (χ1v) is 7.34. The molecule has 2 fully saturated rings. The molecule has 0 aromatic carbocycles. The van der Waals surface area contributed by atoms with Crippen molar-refractivity contribution in [3.63, 3.8) is 0 Å². The van der Waals surface area contributed by atoms with Gasteiger partial charge in [0.25, 0.3) is 0 Å². The fourth-order valence-electron chi connectivity index (χ4n) is 4.16. The molecule has 2 aromatic heterocycles. The van der Waals surface area contributed by atoms with Crippen LogP contribution in [0.25, 0.3) is 11.0 Å². The van der Waals surface area contributed by atoms with Gasteiger partial charge in [0.1, 0.15) is 17.8 Å². The van der Waals surface area contributed by atoms with Crippen molar-refractivity contribution < 1.29 is 0 Å². The van der Waals surface area contributed by atoms with E-state index in [0.717, 1.165) is 28.7 Å². The molecule has 4 heteroatoms. The summed E-state index contributed by atoms with van der Waals surface area (Å²) in [5.41, 5.74) is 0.940. The molecule has 2 heterocycles. The van der Waals surface area contributed by atoms with E-state index in [2.05, 4.69) is 33.0 Å². The van der Waals surface area contributed by atoms with Gasteiger partial charge in [-0.3, -0.25) is 0 Å². The molecule has 4 nitrogen and oxygen atoms in total. The molecule has 4 rings (SSSR count). The first kappa shape index (κ1) is 11.3. The second-order valence-electron chi connectivity index (χ2n) is 6.12. The normalized spacial score (nSPS) is 29.8. The Kier molecular flexibility index (Phi) is 2.50. The van der Waals surface area contributed by atoms with E-state index in [-0.39, 0.29) is 0 Å². The third kappa shape index (κ3) is 1.73. The molecule has 100 valence electrons. The number of hydrogen-bond donors (Lipinski definition) is 1. The quantitative estimate of drug-likeness (QED) is 0.898. The van der Waals surface area contributed by atoms with Gasteiger partial charge < -0.3 is 9.88 Å². The highest BCUT2D eigenvalue weighted by atomic mass is 15.2. The second-order valence-corrected chi connectivity index (χ2v) is 6.12. The van der Waals surface area contributed by atoms with E-state index in [4.69, 9.17) is 0 Å². The van der Waals surface area contributed by atoms with Gasteiger partial charge in [0.15, 0.2) is 0 Å². The Balaban J connectivity index is 1.63. The maximum absolute atomic E-state index is 4.51. The van der Waals surface area contributed by atoms with E-state index in [1.807, 2.05) is 6.20 Å². The summed E-state index contributed by atoms with van der Waals surface area (Å²) in [7, 11) is 2.19. The van der Waals surface area contributed by atoms with Crippen molar-refractivity contribution in [3.05, 3.63) is 18.6 Å². The van der Waals surface area contributed by atoms with Crippen LogP contribution >= 0.6 is 0 Å². The first-order valence-electron chi connectivity index (χ1n) is 7.34. The lowest BCUT2D eigenvalue weighted by Gasteiger charge is -2.26. The fraction of sp³-hybridized carbons (Fsp3) is 0.600. The molecular formula is C15H20N4. The number of H-pyrrole nitrogens is 1. The Labute approximate surface area is 113 Å². The van der Waals surface area contributed by atoms with Crippen LogP contribution in [0.4, 0.5) is 5.82 Å². The summed E-state index contributed by atoms with van der Waals surface area (Å²) in [5, 5.41) is 1.14. The summed E-state index contributed by atoms with van der Waals surface area (Å²) >= 11 is 0. The van der Waals surface area contributed by atoms with Crippen LogP contribution in [0.1, 0.15) is 32.1 Å². The van der Waals surface area contributed by atoms with Crippen LogP contribution in [0.15, 0.2) is 18.6 Å². The number of nitrogens with one attached hydrogen (secondary N) is 1. The third-order valence-electron chi connectivity index (χ3n) is 5.18. The topological polar surface area (TPSA) is 44.8 Å². The maximum Gasteiger partial charge on any atom is 0.142 e. The molecule has 0 bridgehead atoms. The van der Waals surface area contributed by atoms with Crippen molar-refractivity contribution in [2.45, 2.75) is 38.1 Å². The van der Waals surface area contributed by atoms with Gasteiger partial charge in [-0.1, -0.05) is 19.3 Å². The minimum atomic E-state index is 0.656. The predicted molar refractivity (Wildman–Crippen MR) is 76.1 cm³/mol. The number of anilines is 1. The van der Waals surface area contributed by atoms with Gasteiger partial charge in [-0.15, -0.1) is 0 Å². The Morgan fingerprint density at radius 1 is 1.21 bits per heavy atom. The molecule has 0 amide bonds. The molecule has 2 aliphatic rings. The summed E-state index contributed by atoms with van der Waals surface area (Å²) in [6.45, 7) is 0. The minimum absolute atomic E-state index is 0.656. The van der Waals surface area contributed by atoms with E-state index in [1.54, 1.807) is 6.33 Å². The largest absolute Gasteiger partial charge is 0.356 e. The minimum Gasteiger partial charge on any atom is -0.356 e. The molecule has 2 aromatic rings. The molecule has 0 aliphatic heterocycles. The zero-order valence-corrected chi connectivity index (χ0v) is 11.3. The van der Waals surface area contributed by atoms with Crippen LogP contribution in [-0.2, 0) is 0 Å². The van der Waals surface area contributed by atoms with Crippen LogP contribution in [0, 0.1) is 11.8 Å². The van der Waals surface area contributed by atoms with Crippen LogP contribution < -0.4 is 4.90 Å². The molecule has 2 aliphatic carbocycles. The smallest absolute Gasteiger partial charge is 0.142 e. The van der Waals surface area contributed by atoms with Gasteiger partial charge >= 0.3 is 0 Å². The Bertz CT molecular complexity index is 579. The predicted octanol–water partition coefficient (Wildman–Crippen LogP) is 2.97. The molecule has 0 saturated heterocycles. The summed E-state index contributed by atoms with van der Waals surface area (Å²) in [6.07, 6.45) is 10.6. The highest BCUT2D eigenvalue weighted by Crippen LogP contribution is 2.46. The first-order chi connectivity index (χ1) is 9.33. The van der Waals surface area contributed by atoms with Gasteiger partial charge in [-0.2, -0.15) is 0 Å².